The fourth-order valence-electron chi connectivity index (χ4n) is 4.12. The summed E-state index contributed by atoms with van der Waals surface area (Å²) in [6.45, 7) is 3.61. The summed E-state index contributed by atoms with van der Waals surface area (Å²) in [6, 6.07) is 3.81. The van der Waals surface area contributed by atoms with Crippen LogP contribution in [0.5, 0.6) is 0 Å². The normalized spacial score (nSPS) is 15.7. The summed E-state index contributed by atoms with van der Waals surface area (Å²) in [5.41, 5.74) is 2.54. The summed E-state index contributed by atoms with van der Waals surface area (Å²) in [5.74, 6) is 2.18. The summed E-state index contributed by atoms with van der Waals surface area (Å²) in [5, 5.41) is 0. The number of pyridine rings is 1. The maximum absolute atomic E-state index is 12.1. The number of hydrogen-bond acceptors (Lipinski definition) is 13. The molecular formula is C26H28FN9O3S. The van der Waals surface area contributed by atoms with Crippen LogP contribution in [0.4, 0.5) is 15.8 Å². The van der Waals surface area contributed by atoms with Crippen LogP contribution in [0.15, 0.2) is 60.4 Å². The molecule has 0 amide bonds. The molecule has 0 aromatic carbocycles. The Morgan fingerprint density at radius 1 is 0.875 bits per heavy atom. The lowest BCUT2D eigenvalue weighted by Gasteiger charge is -2.41. The van der Waals surface area contributed by atoms with Gasteiger partial charge < -0.3 is 23.7 Å². The van der Waals surface area contributed by atoms with Crippen molar-refractivity contribution in [2.75, 3.05) is 61.6 Å². The Morgan fingerprint density at radius 3 is 2.42 bits per heavy atom. The lowest BCUT2D eigenvalue weighted by Crippen LogP contribution is -2.56. The van der Waals surface area contributed by atoms with E-state index in [2.05, 4.69) is 44.7 Å². The monoisotopic (exact) mass is 565 g/mol. The summed E-state index contributed by atoms with van der Waals surface area (Å²) in [7, 11) is 0. The van der Waals surface area contributed by atoms with Crippen molar-refractivity contribution in [2.45, 2.75) is 6.04 Å². The molecule has 208 valence electrons. The van der Waals surface area contributed by atoms with Crippen molar-refractivity contribution in [1.82, 2.24) is 34.9 Å². The zero-order valence-electron chi connectivity index (χ0n) is 21.6. The summed E-state index contributed by atoms with van der Waals surface area (Å²) >= 11 is 0.267. The van der Waals surface area contributed by atoms with E-state index < -0.39 is 0 Å². The Kier molecular flexibility index (Phi) is 9.92. The number of anilines is 2. The number of aromatic nitrogens is 7. The van der Waals surface area contributed by atoms with Crippen LogP contribution in [0.25, 0.3) is 23.6 Å². The lowest BCUT2D eigenvalue weighted by atomic mass is 10.2. The number of piperazine rings is 1. The fraction of sp³-hybridized carbons (Fsp3) is 0.346. The minimum Gasteiger partial charge on any atom is -0.442 e. The van der Waals surface area contributed by atoms with E-state index in [1.165, 1.54) is 19.0 Å². The molecule has 0 N–H and O–H groups in total. The van der Waals surface area contributed by atoms with Gasteiger partial charge in [-0.2, -0.15) is 3.89 Å². The van der Waals surface area contributed by atoms with Gasteiger partial charge in [-0.25, -0.2) is 29.9 Å². The van der Waals surface area contributed by atoms with Gasteiger partial charge in [-0.1, -0.05) is 18.2 Å². The number of ether oxygens (including phenoxy) is 2. The van der Waals surface area contributed by atoms with Crippen molar-refractivity contribution < 1.29 is 17.8 Å². The SMILES string of the molecule is FSCCOCCOCC1CN(c2ncc(/C=C/c3ccc(-c4cnco4)nc3)cn2)CCN1c1ncncn1. The van der Waals surface area contributed by atoms with E-state index in [4.69, 9.17) is 13.9 Å². The molecule has 14 heteroatoms. The first-order chi connectivity index (χ1) is 19.8. The highest BCUT2D eigenvalue weighted by Crippen LogP contribution is 2.20. The number of oxazole rings is 1. The van der Waals surface area contributed by atoms with E-state index in [0.717, 1.165) is 16.8 Å². The van der Waals surface area contributed by atoms with Gasteiger partial charge in [0.1, 0.15) is 18.3 Å². The summed E-state index contributed by atoms with van der Waals surface area (Å²) < 4.78 is 28.7. The van der Waals surface area contributed by atoms with E-state index in [1.54, 1.807) is 24.8 Å². The minimum atomic E-state index is -0.0341. The number of nitrogens with zero attached hydrogens (tertiary/aromatic N) is 9. The third-order valence-electron chi connectivity index (χ3n) is 6.09. The van der Waals surface area contributed by atoms with Crippen LogP contribution in [0, 0.1) is 0 Å². The molecule has 0 bridgehead atoms. The Balaban J connectivity index is 1.18. The summed E-state index contributed by atoms with van der Waals surface area (Å²) in [6.07, 6.45) is 15.2. The van der Waals surface area contributed by atoms with E-state index in [0.29, 0.717) is 69.5 Å². The average Bonchev–Trinajstić information content (AvgIpc) is 3.56. The van der Waals surface area contributed by atoms with Crippen LogP contribution >= 0.6 is 12.1 Å². The molecule has 1 fully saturated rings. The van der Waals surface area contributed by atoms with E-state index in [9.17, 15) is 3.89 Å². The smallest absolute Gasteiger partial charge is 0.228 e. The number of halogens is 1. The van der Waals surface area contributed by atoms with Gasteiger partial charge in [0.25, 0.3) is 0 Å². The molecule has 0 radical (unpaired) electrons. The minimum absolute atomic E-state index is 0.0341. The predicted molar refractivity (Wildman–Crippen MR) is 149 cm³/mol. The standard InChI is InChI=1S/C26H28FN9O3S/c27-40-10-9-37-7-8-38-16-22-15-35(5-6-36(22)26-33-17-29-18-34-26)25-31-12-21(13-32-25)2-1-20-3-4-23(30-11-20)24-14-28-19-39-24/h1-4,11-14,17-19,22H,5-10,15-16H2/b2-1+. The van der Waals surface area contributed by atoms with Crippen LogP contribution in [0.3, 0.4) is 0 Å². The van der Waals surface area contributed by atoms with Gasteiger partial charge in [0.2, 0.25) is 11.9 Å². The third-order valence-corrected chi connectivity index (χ3v) is 6.41. The fourth-order valence-corrected chi connectivity index (χ4v) is 4.30. The quantitative estimate of drug-likeness (QED) is 0.220. The molecule has 5 heterocycles. The predicted octanol–water partition coefficient (Wildman–Crippen LogP) is 3.23. The average molecular weight is 566 g/mol. The first-order valence-electron chi connectivity index (χ1n) is 12.7. The molecule has 0 spiro atoms. The van der Waals surface area contributed by atoms with Crippen molar-refractivity contribution in [3.05, 3.63) is 67.1 Å². The molecule has 1 saturated heterocycles. The molecule has 12 nitrogen and oxygen atoms in total. The Morgan fingerprint density at radius 2 is 1.68 bits per heavy atom. The van der Waals surface area contributed by atoms with Crippen LogP contribution < -0.4 is 9.80 Å². The molecule has 5 rings (SSSR count). The van der Waals surface area contributed by atoms with Crippen molar-refractivity contribution >= 4 is 36.2 Å². The highest BCUT2D eigenvalue weighted by molar-refractivity contribution is 7.94. The Hall–Kier alpha value is -4.01. The lowest BCUT2D eigenvalue weighted by molar-refractivity contribution is 0.0469. The first kappa shape index (κ1) is 27.6. The maximum atomic E-state index is 12.1. The molecule has 4 aromatic rings. The van der Waals surface area contributed by atoms with Crippen LogP contribution in [0.2, 0.25) is 0 Å². The van der Waals surface area contributed by atoms with Gasteiger partial charge in [-0.05, 0) is 11.6 Å². The van der Waals surface area contributed by atoms with E-state index >= 15 is 0 Å². The van der Waals surface area contributed by atoms with Crippen molar-refractivity contribution in [3.63, 3.8) is 0 Å². The molecule has 1 aliphatic rings. The first-order valence-corrected chi connectivity index (χ1v) is 13.6. The van der Waals surface area contributed by atoms with Crippen molar-refractivity contribution in [2.24, 2.45) is 0 Å². The third kappa shape index (κ3) is 7.55. The van der Waals surface area contributed by atoms with Gasteiger partial charge in [-0.15, -0.1) is 0 Å². The highest BCUT2D eigenvalue weighted by atomic mass is 32.2. The zero-order chi connectivity index (χ0) is 27.4. The van der Waals surface area contributed by atoms with Gasteiger partial charge in [0, 0.05) is 61.7 Å². The van der Waals surface area contributed by atoms with Crippen LogP contribution in [0.1, 0.15) is 11.1 Å². The molecule has 4 aromatic heterocycles. The van der Waals surface area contributed by atoms with Gasteiger partial charge in [0.15, 0.2) is 12.2 Å². The highest BCUT2D eigenvalue weighted by Gasteiger charge is 2.30. The summed E-state index contributed by atoms with van der Waals surface area (Å²) in [4.78, 5) is 34.3. The second-order valence-electron chi connectivity index (χ2n) is 8.72. The largest absolute Gasteiger partial charge is 0.442 e. The van der Waals surface area contributed by atoms with E-state index in [-0.39, 0.29) is 18.2 Å². The van der Waals surface area contributed by atoms with E-state index in [1.807, 2.05) is 24.3 Å². The maximum Gasteiger partial charge on any atom is 0.228 e. The zero-order valence-corrected chi connectivity index (χ0v) is 22.4. The number of hydrogen-bond donors (Lipinski definition) is 0. The van der Waals surface area contributed by atoms with Gasteiger partial charge in [0.05, 0.1) is 38.7 Å². The molecule has 40 heavy (non-hydrogen) atoms. The van der Waals surface area contributed by atoms with Gasteiger partial charge in [-0.3, -0.25) is 4.98 Å². The molecule has 0 saturated carbocycles. The van der Waals surface area contributed by atoms with Crippen LogP contribution in [-0.2, 0) is 9.47 Å². The van der Waals surface area contributed by atoms with Gasteiger partial charge >= 0.3 is 0 Å². The molecule has 1 unspecified atom stereocenters. The second kappa shape index (κ2) is 14.4. The molecule has 1 aliphatic heterocycles. The Labute approximate surface area is 235 Å². The van der Waals surface area contributed by atoms with Crippen LogP contribution in [-0.4, -0.2) is 92.7 Å². The Bertz CT molecular complexity index is 1320. The molecule has 0 aliphatic carbocycles. The topological polar surface area (TPSA) is 128 Å². The molecule has 1 atom stereocenters. The second-order valence-corrected chi connectivity index (χ2v) is 9.35. The van der Waals surface area contributed by atoms with Crippen molar-refractivity contribution in [1.29, 1.82) is 0 Å². The molecular weight excluding hydrogens is 537 g/mol. The van der Waals surface area contributed by atoms with Crippen molar-refractivity contribution in [3.8, 4) is 11.5 Å². The number of rotatable bonds is 13.